The first-order chi connectivity index (χ1) is 9.40. The van der Waals surface area contributed by atoms with Gasteiger partial charge in [-0.3, -0.25) is 4.79 Å². The van der Waals surface area contributed by atoms with Crippen LogP contribution in [0.15, 0.2) is 30.3 Å². The predicted molar refractivity (Wildman–Crippen MR) is 70.8 cm³/mol. The number of hydrogen-bond acceptors (Lipinski definition) is 1. The smallest absolute Gasteiger partial charge is 0.195 e. The van der Waals surface area contributed by atoms with E-state index in [1.807, 2.05) is 0 Å². The van der Waals surface area contributed by atoms with Gasteiger partial charge in [0.25, 0.3) is 0 Å². The molecule has 0 amide bonds. The van der Waals surface area contributed by atoms with E-state index in [-0.39, 0.29) is 11.4 Å². The van der Waals surface area contributed by atoms with Crippen molar-refractivity contribution < 1.29 is 18.0 Å². The molecule has 104 valence electrons. The maximum atomic E-state index is 13.5. The van der Waals surface area contributed by atoms with Crippen molar-refractivity contribution in [3.63, 3.8) is 0 Å². The lowest BCUT2D eigenvalue weighted by Crippen LogP contribution is -2.09. The van der Waals surface area contributed by atoms with Crippen LogP contribution in [0.4, 0.5) is 13.2 Å². The minimum atomic E-state index is -1.67. The quantitative estimate of drug-likeness (QED) is 0.585. The van der Waals surface area contributed by atoms with Gasteiger partial charge in [-0.05, 0) is 35.9 Å². The van der Waals surface area contributed by atoms with Gasteiger partial charge < -0.3 is 0 Å². The Balaban J connectivity index is 2.33. The third-order valence-corrected chi connectivity index (χ3v) is 3.30. The van der Waals surface area contributed by atoms with Crippen LogP contribution in [0.1, 0.15) is 15.9 Å². The number of carbonyl (C=O) groups excluding carboxylic acids is 1. The van der Waals surface area contributed by atoms with Gasteiger partial charge >= 0.3 is 0 Å². The first kappa shape index (κ1) is 14.9. The van der Waals surface area contributed by atoms with E-state index in [0.717, 1.165) is 6.07 Å². The topological polar surface area (TPSA) is 17.1 Å². The number of ketones is 1. The van der Waals surface area contributed by atoms with Gasteiger partial charge in [0.1, 0.15) is 0 Å². The summed E-state index contributed by atoms with van der Waals surface area (Å²) < 4.78 is 39.4. The predicted octanol–water partition coefficient (Wildman–Crippen LogP) is 4.84. The molecule has 6 heteroatoms. The van der Waals surface area contributed by atoms with E-state index in [4.69, 9.17) is 23.2 Å². The van der Waals surface area contributed by atoms with Crippen molar-refractivity contribution in [2.24, 2.45) is 0 Å². The van der Waals surface area contributed by atoms with Crippen molar-refractivity contribution in [1.82, 2.24) is 0 Å². The van der Waals surface area contributed by atoms with Crippen LogP contribution in [0.3, 0.4) is 0 Å². The van der Waals surface area contributed by atoms with Crippen LogP contribution in [0.25, 0.3) is 0 Å². The molecule has 1 nitrogen and oxygen atoms in total. The molecule has 2 aromatic rings. The molecule has 20 heavy (non-hydrogen) atoms. The van der Waals surface area contributed by atoms with E-state index in [9.17, 15) is 18.0 Å². The number of carbonyl (C=O) groups is 1. The fraction of sp³-hybridized carbons (Fsp3) is 0.0714. The molecule has 0 atom stereocenters. The highest BCUT2D eigenvalue weighted by Gasteiger charge is 2.19. The largest absolute Gasteiger partial charge is 0.294 e. The monoisotopic (exact) mass is 318 g/mol. The molecular formula is C14H7Cl2F3O. The molecule has 0 unspecified atom stereocenters. The minimum absolute atomic E-state index is 0.263. The molecule has 0 saturated carbocycles. The maximum Gasteiger partial charge on any atom is 0.195 e. The Morgan fingerprint density at radius 3 is 2.40 bits per heavy atom. The third kappa shape index (κ3) is 2.97. The molecule has 0 saturated heterocycles. The Morgan fingerprint density at radius 1 is 1.00 bits per heavy atom. The van der Waals surface area contributed by atoms with E-state index >= 15 is 0 Å². The summed E-state index contributed by atoms with van der Waals surface area (Å²) in [7, 11) is 0. The van der Waals surface area contributed by atoms with E-state index in [0.29, 0.717) is 16.7 Å². The Labute approximate surface area is 122 Å². The summed E-state index contributed by atoms with van der Waals surface area (Å²) in [4.78, 5) is 11.9. The average Bonchev–Trinajstić information content (AvgIpc) is 2.40. The molecule has 0 N–H and O–H groups in total. The number of benzene rings is 2. The van der Waals surface area contributed by atoms with Crippen molar-refractivity contribution in [3.8, 4) is 0 Å². The number of Topliss-reactive ketones (excluding diaryl/α,β-unsaturated/α-hetero) is 1. The summed E-state index contributed by atoms with van der Waals surface area (Å²) in [5, 5.41) is 0.647. The second-order valence-electron chi connectivity index (χ2n) is 4.06. The highest BCUT2D eigenvalue weighted by molar-refractivity contribution is 6.33. The van der Waals surface area contributed by atoms with Gasteiger partial charge in [0.05, 0.1) is 5.56 Å². The first-order valence-corrected chi connectivity index (χ1v) is 6.26. The zero-order chi connectivity index (χ0) is 14.9. The Morgan fingerprint density at radius 2 is 1.70 bits per heavy atom. The summed E-state index contributed by atoms with van der Waals surface area (Å²) in [6.45, 7) is 0. The molecular weight excluding hydrogens is 312 g/mol. The molecule has 0 aliphatic heterocycles. The molecule has 0 fully saturated rings. The van der Waals surface area contributed by atoms with Crippen LogP contribution in [-0.4, -0.2) is 5.78 Å². The van der Waals surface area contributed by atoms with Crippen LogP contribution >= 0.6 is 23.2 Å². The maximum absolute atomic E-state index is 13.5. The lowest BCUT2D eigenvalue weighted by atomic mass is 10.0. The van der Waals surface area contributed by atoms with Crippen LogP contribution in [-0.2, 0) is 6.42 Å². The first-order valence-electron chi connectivity index (χ1n) is 5.50. The minimum Gasteiger partial charge on any atom is -0.294 e. The van der Waals surface area contributed by atoms with E-state index in [1.165, 1.54) is 18.2 Å². The van der Waals surface area contributed by atoms with Gasteiger partial charge in [0.15, 0.2) is 23.2 Å². The fourth-order valence-corrected chi connectivity index (χ4v) is 2.07. The molecule has 0 aromatic heterocycles. The molecule has 0 aliphatic rings. The van der Waals surface area contributed by atoms with Crippen LogP contribution in [0, 0.1) is 17.5 Å². The molecule has 0 bridgehead atoms. The standard InChI is InChI=1S/C14H7Cl2F3O/c15-8-1-3-10(16)7(5-8)6-12(20)9-2-4-11(17)14(19)13(9)18/h1-5H,6H2. The SMILES string of the molecule is O=C(Cc1cc(Cl)ccc1Cl)c1ccc(F)c(F)c1F. The average molecular weight is 319 g/mol. The second-order valence-corrected chi connectivity index (χ2v) is 4.90. The highest BCUT2D eigenvalue weighted by atomic mass is 35.5. The van der Waals surface area contributed by atoms with Gasteiger partial charge in [0, 0.05) is 16.5 Å². The van der Waals surface area contributed by atoms with E-state index < -0.39 is 28.8 Å². The number of hydrogen-bond donors (Lipinski definition) is 0. The van der Waals surface area contributed by atoms with Crippen LogP contribution < -0.4 is 0 Å². The summed E-state index contributed by atoms with van der Waals surface area (Å²) in [5.41, 5.74) is -0.145. The number of rotatable bonds is 3. The van der Waals surface area contributed by atoms with Gasteiger partial charge in [-0.15, -0.1) is 0 Å². The van der Waals surface area contributed by atoms with Crippen molar-refractivity contribution in [2.75, 3.05) is 0 Å². The molecule has 2 aromatic carbocycles. The molecule has 2 rings (SSSR count). The van der Waals surface area contributed by atoms with Crippen LogP contribution in [0.5, 0.6) is 0 Å². The van der Waals surface area contributed by atoms with Gasteiger partial charge in [0.2, 0.25) is 0 Å². The zero-order valence-electron chi connectivity index (χ0n) is 9.89. The van der Waals surface area contributed by atoms with Crippen molar-refractivity contribution >= 4 is 29.0 Å². The van der Waals surface area contributed by atoms with Gasteiger partial charge in [-0.1, -0.05) is 23.2 Å². The van der Waals surface area contributed by atoms with Crippen molar-refractivity contribution in [2.45, 2.75) is 6.42 Å². The van der Waals surface area contributed by atoms with Gasteiger partial charge in [-0.2, -0.15) is 0 Å². The summed E-state index contributed by atoms with van der Waals surface area (Å²) in [6.07, 6.45) is -0.263. The zero-order valence-corrected chi connectivity index (χ0v) is 11.4. The molecule has 0 spiro atoms. The lowest BCUT2D eigenvalue weighted by Gasteiger charge is -2.06. The van der Waals surface area contributed by atoms with Gasteiger partial charge in [-0.25, -0.2) is 13.2 Å². The van der Waals surface area contributed by atoms with E-state index in [2.05, 4.69) is 0 Å². The lowest BCUT2D eigenvalue weighted by molar-refractivity contribution is 0.0988. The molecule has 0 radical (unpaired) electrons. The molecule has 0 heterocycles. The van der Waals surface area contributed by atoms with Crippen molar-refractivity contribution in [3.05, 3.63) is 69.0 Å². The summed E-state index contributed by atoms with van der Waals surface area (Å²) >= 11 is 11.7. The Bertz CT molecular complexity index is 686. The van der Waals surface area contributed by atoms with E-state index in [1.54, 1.807) is 0 Å². The normalized spacial score (nSPS) is 10.7. The summed E-state index contributed by atoms with van der Waals surface area (Å²) in [5.74, 6) is -5.24. The second kappa shape index (κ2) is 5.85. The Kier molecular flexibility index (Phi) is 4.35. The van der Waals surface area contributed by atoms with Crippen LogP contribution in [0.2, 0.25) is 10.0 Å². The fourth-order valence-electron chi connectivity index (χ4n) is 1.69. The Hall–Kier alpha value is -1.52. The van der Waals surface area contributed by atoms with Crippen molar-refractivity contribution in [1.29, 1.82) is 0 Å². The highest BCUT2D eigenvalue weighted by Crippen LogP contribution is 2.23. The number of halogens is 5. The molecule has 0 aliphatic carbocycles. The third-order valence-electron chi connectivity index (χ3n) is 2.69. The summed E-state index contributed by atoms with van der Waals surface area (Å²) in [6, 6.07) is 6.09.